The smallest absolute Gasteiger partial charge is 0.257 e. The quantitative estimate of drug-likeness (QED) is 0.772. The van der Waals surface area contributed by atoms with Crippen molar-refractivity contribution < 1.29 is 9.53 Å². The highest BCUT2D eigenvalue weighted by molar-refractivity contribution is 9.09. The van der Waals surface area contributed by atoms with Crippen molar-refractivity contribution in [3.8, 4) is 0 Å². The van der Waals surface area contributed by atoms with E-state index in [-0.39, 0.29) is 17.6 Å². The number of amides is 1. The third-order valence-corrected chi connectivity index (χ3v) is 4.39. The van der Waals surface area contributed by atoms with Crippen LogP contribution in [0, 0.1) is 13.8 Å². The zero-order valence-electron chi connectivity index (χ0n) is 12.7. The number of alkyl halides is 1. The predicted octanol–water partition coefficient (Wildman–Crippen LogP) is 2.05. The lowest BCUT2D eigenvalue weighted by Crippen LogP contribution is -2.55. The van der Waals surface area contributed by atoms with Crippen LogP contribution in [0.3, 0.4) is 0 Å². The maximum absolute atomic E-state index is 12.8. The van der Waals surface area contributed by atoms with E-state index in [0.29, 0.717) is 13.1 Å². The highest BCUT2D eigenvalue weighted by Gasteiger charge is 2.36. The molecule has 0 radical (unpaired) electrons. The van der Waals surface area contributed by atoms with E-state index in [2.05, 4.69) is 21.0 Å². The largest absolute Gasteiger partial charge is 0.368 e. The van der Waals surface area contributed by atoms with Crippen LogP contribution in [-0.2, 0) is 11.8 Å². The Morgan fingerprint density at radius 2 is 2.15 bits per heavy atom. The fourth-order valence-electron chi connectivity index (χ4n) is 2.77. The summed E-state index contributed by atoms with van der Waals surface area (Å²) in [5, 5.41) is 5.06. The van der Waals surface area contributed by atoms with Gasteiger partial charge in [0.2, 0.25) is 0 Å². The van der Waals surface area contributed by atoms with Crippen LogP contribution >= 0.6 is 15.9 Å². The Kier molecular flexibility index (Phi) is 4.25. The lowest BCUT2D eigenvalue weighted by atomic mass is 10.0. The van der Waals surface area contributed by atoms with Crippen LogP contribution in [0.4, 0.5) is 0 Å². The van der Waals surface area contributed by atoms with Crippen LogP contribution in [0.15, 0.2) is 0 Å². The second-order valence-electron chi connectivity index (χ2n) is 6.01. The molecule has 2 rings (SSSR count). The normalized spacial score (nSPS) is 22.1. The summed E-state index contributed by atoms with van der Waals surface area (Å²) < 4.78 is 7.70. The average molecular weight is 344 g/mol. The number of hydrogen-bond donors (Lipinski definition) is 0. The Hall–Kier alpha value is -0.880. The second kappa shape index (κ2) is 5.48. The van der Waals surface area contributed by atoms with Gasteiger partial charge in [0.25, 0.3) is 5.91 Å². The minimum atomic E-state index is -0.323. The van der Waals surface area contributed by atoms with E-state index in [1.807, 2.05) is 39.6 Å². The maximum Gasteiger partial charge on any atom is 0.257 e. The molecule has 0 bridgehead atoms. The topological polar surface area (TPSA) is 47.4 Å². The molecule has 0 N–H and O–H groups in total. The first kappa shape index (κ1) is 15.5. The summed E-state index contributed by atoms with van der Waals surface area (Å²) in [6, 6.07) is 0. The number of rotatable bonds is 2. The molecular formula is C14H22BrN3O2. The third kappa shape index (κ3) is 2.91. The van der Waals surface area contributed by atoms with Gasteiger partial charge < -0.3 is 9.64 Å². The number of aryl methyl sites for hydroxylation is 2. The molecule has 6 heteroatoms. The van der Waals surface area contributed by atoms with E-state index in [1.165, 1.54) is 0 Å². The van der Waals surface area contributed by atoms with Gasteiger partial charge in [0.15, 0.2) is 0 Å². The van der Waals surface area contributed by atoms with E-state index < -0.39 is 0 Å². The number of hydrogen-bond acceptors (Lipinski definition) is 3. The van der Waals surface area contributed by atoms with Crippen molar-refractivity contribution >= 4 is 21.8 Å². The van der Waals surface area contributed by atoms with Crippen molar-refractivity contribution in [2.24, 2.45) is 7.05 Å². The van der Waals surface area contributed by atoms with Gasteiger partial charge >= 0.3 is 0 Å². The van der Waals surface area contributed by atoms with Gasteiger partial charge in [-0.25, -0.2) is 0 Å². The van der Waals surface area contributed by atoms with E-state index in [4.69, 9.17) is 4.74 Å². The van der Waals surface area contributed by atoms with Gasteiger partial charge in [-0.3, -0.25) is 9.48 Å². The van der Waals surface area contributed by atoms with Crippen LogP contribution in [0.5, 0.6) is 0 Å². The van der Waals surface area contributed by atoms with Crippen LogP contribution in [0.2, 0.25) is 0 Å². The van der Waals surface area contributed by atoms with Crippen LogP contribution < -0.4 is 0 Å². The fourth-order valence-corrected chi connectivity index (χ4v) is 3.11. The zero-order chi connectivity index (χ0) is 15.1. The van der Waals surface area contributed by atoms with Gasteiger partial charge in [0.1, 0.15) is 0 Å². The molecule has 1 amide bonds. The van der Waals surface area contributed by atoms with Crippen LogP contribution in [-0.4, -0.2) is 50.7 Å². The average Bonchev–Trinajstić information content (AvgIpc) is 2.60. The summed E-state index contributed by atoms with van der Waals surface area (Å²) in [4.78, 5) is 14.7. The molecule has 1 aromatic heterocycles. The first-order valence-electron chi connectivity index (χ1n) is 6.78. The standard InChI is InChI=1S/C14H22BrN3O2/c1-9-12(10(2)17(5)16-9)13(19)18-7-11(6-15)20-14(3,4)8-18/h11H,6-8H2,1-5H3. The molecule has 0 saturated carbocycles. The lowest BCUT2D eigenvalue weighted by Gasteiger charge is -2.42. The summed E-state index contributed by atoms with van der Waals surface area (Å²) in [5.74, 6) is 0.0513. The van der Waals surface area contributed by atoms with Gasteiger partial charge in [-0.2, -0.15) is 5.10 Å². The molecule has 0 aliphatic carbocycles. The molecule has 5 nitrogen and oxygen atoms in total. The predicted molar refractivity (Wildman–Crippen MR) is 81.3 cm³/mol. The number of carbonyl (C=O) groups excluding carboxylic acids is 1. The highest BCUT2D eigenvalue weighted by Crippen LogP contribution is 2.25. The fraction of sp³-hybridized carbons (Fsp3) is 0.714. The molecule has 0 spiro atoms. The number of morpholine rings is 1. The summed E-state index contributed by atoms with van der Waals surface area (Å²) in [6.45, 7) is 9.06. The summed E-state index contributed by atoms with van der Waals surface area (Å²) in [6.07, 6.45) is 0.0278. The van der Waals surface area contributed by atoms with Crippen LogP contribution in [0.25, 0.3) is 0 Å². The Bertz CT molecular complexity index is 525. The van der Waals surface area contributed by atoms with Gasteiger partial charge in [0, 0.05) is 31.2 Å². The molecule has 1 fully saturated rings. The monoisotopic (exact) mass is 343 g/mol. The molecule has 1 aliphatic heterocycles. The van der Waals surface area contributed by atoms with E-state index in [1.54, 1.807) is 4.68 Å². The second-order valence-corrected chi connectivity index (χ2v) is 6.66. The first-order chi connectivity index (χ1) is 9.25. The number of carbonyl (C=O) groups is 1. The molecule has 1 atom stereocenters. The van der Waals surface area contributed by atoms with Crippen molar-refractivity contribution in [2.75, 3.05) is 18.4 Å². The molecular weight excluding hydrogens is 322 g/mol. The Labute approximate surface area is 128 Å². The van der Waals surface area contributed by atoms with Gasteiger partial charge in [0.05, 0.1) is 23.0 Å². The zero-order valence-corrected chi connectivity index (χ0v) is 14.3. The van der Waals surface area contributed by atoms with E-state index in [0.717, 1.165) is 22.3 Å². The van der Waals surface area contributed by atoms with E-state index >= 15 is 0 Å². The lowest BCUT2D eigenvalue weighted by molar-refractivity contribution is -0.116. The minimum absolute atomic E-state index is 0.0278. The molecule has 1 aromatic rings. The van der Waals surface area contributed by atoms with Gasteiger partial charge in [-0.05, 0) is 27.7 Å². The van der Waals surface area contributed by atoms with Crippen LogP contribution in [0.1, 0.15) is 35.6 Å². The van der Waals surface area contributed by atoms with Crippen molar-refractivity contribution in [3.63, 3.8) is 0 Å². The first-order valence-corrected chi connectivity index (χ1v) is 7.90. The summed E-state index contributed by atoms with van der Waals surface area (Å²) >= 11 is 3.45. The number of ether oxygens (including phenoxy) is 1. The van der Waals surface area contributed by atoms with Crippen molar-refractivity contribution in [3.05, 3.63) is 17.0 Å². The molecule has 112 valence electrons. The number of nitrogens with zero attached hydrogens (tertiary/aromatic N) is 3. The molecule has 2 heterocycles. The van der Waals surface area contributed by atoms with Crippen molar-refractivity contribution in [2.45, 2.75) is 39.4 Å². The van der Waals surface area contributed by atoms with Gasteiger partial charge in [-0.15, -0.1) is 0 Å². The Balaban J connectivity index is 2.28. The number of aromatic nitrogens is 2. The molecule has 0 aromatic carbocycles. The molecule has 1 saturated heterocycles. The molecule has 20 heavy (non-hydrogen) atoms. The van der Waals surface area contributed by atoms with Gasteiger partial charge in [-0.1, -0.05) is 15.9 Å². The number of halogens is 1. The third-order valence-electron chi connectivity index (χ3n) is 3.66. The summed E-state index contributed by atoms with van der Waals surface area (Å²) in [5.41, 5.74) is 2.09. The van der Waals surface area contributed by atoms with E-state index in [9.17, 15) is 4.79 Å². The molecule has 1 unspecified atom stereocenters. The Morgan fingerprint density at radius 3 is 2.65 bits per heavy atom. The SMILES string of the molecule is Cc1nn(C)c(C)c1C(=O)N1CC(CBr)OC(C)(C)C1. The maximum atomic E-state index is 12.8. The minimum Gasteiger partial charge on any atom is -0.368 e. The molecule has 1 aliphatic rings. The Morgan fingerprint density at radius 1 is 1.50 bits per heavy atom. The van der Waals surface area contributed by atoms with Crippen molar-refractivity contribution in [1.29, 1.82) is 0 Å². The highest BCUT2D eigenvalue weighted by atomic mass is 79.9. The summed E-state index contributed by atoms with van der Waals surface area (Å²) in [7, 11) is 1.86. The van der Waals surface area contributed by atoms with Crippen molar-refractivity contribution in [1.82, 2.24) is 14.7 Å².